The lowest BCUT2D eigenvalue weighted by atomic mass is 10.1. The summed E-state index contributed by atoms with van der Waals surface area (Å²) in [7, 11) is 0. The van der Waals surface area contributed by atoms with Crippen LogP contribution in [0.25, 0.3) is 0 Å². The van der Waals surface area contributed by atoms with E-state index in [1.165, 1.54) is 6.20 Å². The quantitative estimate of drug-likeness (QED) is 0.856. The SMILES string of the molecule is CC(C)(C)OC(=O)N1CCNC(c2ccncc2F)C1. The summed E-state index contributed by atoms with van der Waals surface area (Å²) in [5.41, 5.74) is -0.00686. The average Bonchev–Trinajstić information content (AvgIpc) is 2.37. The number of halogens is 1. The summed E-state index contributed by atoms with van der Waals surface area (Å²) < 4.78 is 19.1. The molecule has 1 aromatic heterocycles. The molecule has 5 nitrogen and oxygen atoms in total. The van der Waals surface area contributed by atoms with Crippen molar-refractivity contribution in [2.75, 3.05) is 19.6 Å². The molecule has 110 valence electrons. The maximum Gasteiger partial charge on any atom is 0.410 e. The normalized spacial score (nSPS) is 19.8. The molecular weight excluding hydrogens is 261 g/mol. The topological polar surface area (TPSA) is 54.5 Å². The number of carbonyl (C=O) groups is 1. The first-order chi connectivity index (χ1) is 9.37. The number of nitrogens with one attached hydrogen (secondary N) is 1. The number of rotatable bonds is 1. The van der Waals surface area contributed by atoms with Crippen LogP contribution in [0.15, 0.2) is 18.5 Å². The second kappa shape index (κ2) is 5.75. The van der Waals surface area contributed by atoms with Gasteiger partial charge in [0, 0.05) is 31.4 Å². The van der Waals surface area contributed by atoms with Crippen LogP contribution in [0.5, 0.6) is 0 Å². The summed E-state index contributed by atoms with van der Waals surface area (Å²) in [5, 5.41) is 3.21. The van der Waals surface area contributed by atoms with Crippen LogP contribution < -0.4 is 5.32 Å². The van der Waals surface area contributed by atoms with Crippen LogP contribution in [0.2, 0.25) is 0 Å². The summed E-state index contributed by atoms with van der Waals surface area (Å²) in [5.74, 6) is -0.365. The predicted molar refractivity (Wildman–Crippen MR) is 72.7 cm³/mol. The second-order valence-electron chi connectivity index (χ2n) is 5.83. The molecule has 1 unspecified atom stereocenters. The third-order valence-electron chi connectivity index (χ3n) is 3.01. The third kappa shape index (κ3) is 3.66. The van der Waals surface area contributed by atoms with E-state index in [4.69, 9.17) is 4.74 Å². The van der Waals surface area contributed by atoms with Crippen molar-refractivity contribution in [1.82, 2.24) is 15.2 Å². The Kier molecular flexibility index (Phi) is 4.23. The number of pyridine rings is 1. The van der Waals surface area contributed by atoms with Crippen molar-refractivity contribution < 1.29 is 13.9 Å². The van der Waals surface area contributed by atoms with Gasteiger partial charge in [-0.25, -0.2) is 9.18 Å². The van der Waals surface area contributed by atoms with Crippen LogP contribution in [0.4, 0.5) is 9.18 Å². The van der Waals surface area contributed by atoms with Crippen molar-refractivity contribution in [2.24, 2.45) is 0 Å². The van der Waals surface area contributed by atoms with Gasteiger partial charge in [-0.3, -0.25) is 4.98 Å². The van der Waals surface area contributed by atoms with Crippen LogP contribution in [0, 0.1) is 5.82 Å². The van der Waals surface area contributed by atoms with Crippen LogP contribution in [-0.4, -0.2) is 41.2 Å². The second-order valence-corrected chi connectivity index (χ2v) is 5.83. The number of ether oxygens (including phenoxy) is 1. The Bertz CT molecular complexity index is 488. The molecule has 1 N–H and O–H groups in total. The molecule has 0 spiro atoms. The lowest BCUT2D eigenvalue weighted by molar-refractivity contribution is 0.0194. The molecule has 1 fully saturated rings. The van der Waals surface area contributed by atoms with Crippen molar-refractivity contribution in [2.45, 2.75) is 32.4 Å². The molecular formula is C14H20FN3O2. The summed E-state index contributed by atoms with van der Waals surface area (Å²) in [6, 6.07) is 1.39. The molecule has 1 aliphatic heterocycles. The van der Waals surface area contributed by atoms with Crippen molar-refractivity contribution >= 4 is 6.09 Å². The number of aromatic nitrogens is 1. The maximum atomic E-state index is 13.7. The van der Waals surface area contributed by atoms with E-state index in [1.54, 1.807) is 17.2 Å². The zero-order valence-electron chi connectivity index (χ0n) is 12.0. The van der Waals surface area contributed by atoms with Gasteiger partial charge in [0.15, 0.2) is 0 Å². The number of hydrogen-bond acceptors (Lipinski definition) is 4. The van der Waals surface area contributed by atoms with Gasteiger partial charge in [0.25, 0.3) is 0 Å². The Morgan fingerprint density at radius 1 is 1.55 bits per heavy atom. The largest absolute Gasteiger partial charge is 0.444 e. The van der Waals surface area contributed by atoms with E-state index in [0.717, 1.165) is 0 Å². The summed E-state index contributed by atoms with van der Waals surface area (Å²) in [4.78, 5) is 17.4. The Morgan fingerprint density at radius 2 is 2.30 bits per heavy atom. The van der Waals surface area contributed by atoms with E-state index in [2.05, 4.69) is 10.3 Å². The highest BCUT2D eigenvalue weighted by atomic mass is 19.1. The number of carbonyl (C=O) groups excluding carboxylic acids is 1. The zero-order valence-corrected chi connectivity index (χ0v) is 12.0. The van der Waals surface area contributed by atoms with Gasteiger partial charge in [-0.2, -0.15) is 0 Å². The molecule has 20 heavy (non-hydrogen) atoms. The highest BCUT2D eigenvalue weighted by molar-refractivity contribution is 5.68. The number of hydrogen-bond donors (Lipinski definition) is 1. The van der Waals surface area contributed by atoms with Gasteiger partial charge in [-0.05, 0) is 26.8 Å². The highest BCUT2D eigenvalue weighted by Crippen LogP contribution is 2.21. The minimum atomic E-state index is -0.528. The van der Waals surface area contributed by atoms with Gasteiger partial charge >= 0.3 is 6.09 Å². The molecule has 6 heteroatoms. The van der Waals surface area contributed by atoms with Crippen LogP contribution in [-0.2, 0) is 4.74 Å². The first-order valence-electron chi connectivity index (χ1n) is 6.67. The number of amides is 1. The van der Waals surface area contributed by atoms with E-state index >= 15 is 0 Å². The Morgan fingerprint density at radius 3 is 2.95 bits per heavy atom. The van der Waals surface area contributed by atoms with E-state index in [1.807, 2.05) is 20.8 Å². The fourth-order valence-electron chi connectivity index (χ4n) is 2.12. The van der Waals surface area contributed by atoms with Crippen molar-refractivity contribution in [3.05, 3.63) is 29.8 Å². The van der Waals surface area contributed by atoms with Crippen molar-refractivity contribution in [1.29, 1.82) is 0 Å². The van der Waals surface area contributed by atoms with Gasteiger partial charge in [0.2, 0.25) is 0 Å². The molecule has 1 aromatic rings. The molecule has 2 heterocycles. The van der Waals surface area contributed by atoms with Gasteiger partial charge in [-0.15, -0.1) is 0 Å². The first-order valence-corrected chi connectivity index (χ1v) is 6.67. The summed E-state index contributed by atoms with van der Waals surface area (Å²) in [6.07, 6.45) is 2.37. The predicted octanol–water partition coefficient (Wildman–Crippen LogP) is 2.10. The minimum absolute atomic E-state index is 0.237. The molecule has 1 aliphatic rings. The lowest BCUT2D eigenvalue weighted by Gasteiger charge is -2.35. The van der Waals surface area contributed by atoms with E-state index in [-0.39, 0.29) is 18.0 Å². The Balaban J connectivity index is 2.06. The smallest absolute Gasteiger partial charge is 0.410 e. The van der Waals surface area contributed by atoms with Gasteiger partial charge < -0.3 is 15.0 Å². The van der Waals surface area contributed by atoms with Gasteiger partial charge in [0.05, 0.1) is 12.2 Å². The monoisotopic (exact) mass is 281 g/mol. The average molecular weight is 281 g/mol. The minimum Gasteiger partial charge on any atom is -0.444 e. The van der Waals surface area contributed by atoms with E-state index in [0.29, 0.717) is 25.2 Å². The first kappa shape index (κ1) is 14.7. The van der Waals surface area contributed by atoms with Gasteiger partial charge in [-0.1, -0.05) is 0 Å². The molecule has 1 saturated heterocycles. The lowest BCUT2D eigenvalue weighted by Crippen LogP contribution is -2.49. The van der Waals surface area contributed by atoms with Crippen LogP contribution in [0.3, 0.4) is 0 Å². The van der Waals surface area contributed by atoms with Crippen molar-refractivity contribution in [3.63, 3.8) is 0 Å². The number of nitrogens with zero attached hydrogens (tertiary/aromatic N) is 2. The summed E-state index contributed by atoms with van der Waals surface area (Å²) >= 11 is 0. The fourth-order valence-corrected chi connectivity index (χ4v) is 2.12. The fraction of sp³-hybridized carbons (Fsp3) is 0.571. The molecule has 0 aliphatic carbocycles. The van der Waals surface area contributed by atoms with Crippen LogP contribution in [0.1, 0.15) is 32.4 Å². The maximum absolute atomic E-state index is 13.7. The molecule has 0 bridgehead atoms. The van der Waals surface area contributed by atoms with E-state index in [9.17, 15) is 9.18 Å². The molecule has 1 atom stereocenters. The van der Waals surface area contributed by atoms with Gasteiger partial charge in [0.1, 0.15) is 11.4 Å². The van der Waals surface area contributed by atoms with Crippen molar-refractivity contribution in [3.8, 4) is 0 Å². The van der Waals surface area contributed by atoms with Crippen LogP contribution >= 0.6 is 0 Å². The zero-order chi connectivity index (χ0) is 14.8. The molecule has 0 aromatic carbocycles. The molecule has 1 amide bonds. The Labute approximate surface area is 118 Å². The molecule has 2 rings (SSSR count). The van der Waals surface area contributed by atoms with E-state index < -0.39 is 5.60 Å². The summed E-state index contributed by atoms with van der Waals surface area (Å²) in [6.45, 7) is 7.02. The molecule has 0 radical (unpaired) electrons. The highest BCUT2D eigenvalue weighted by Gasteiger charge is 2.29. The molecule has 0 saturated carbocycles. The number of piperazine rings is 1. The standard InChI is InChI=1S/C14H20FN3O2/c1-14(2,3)20-13(19)18-7-6-17-12(9-18)10-4-5-16-8-11(10)15/h4-5,8,12,17H,6-7,9H2,1-3H3. The third-order valence-corrected chi connectivity index (χ3v) is 3.01. The Hall–Kier alpha value is -1.69.